The predicted molar refractivity (Wildman–Crippen MR) is 73.5 cm³/mol. The first-order valence-electron chi connectivity index (χ1n) is 7.42. The molecule has 2 nitrogen and oxygen atoms in total. The van der Waals surface area contributed by atoms with Gasteiger partial charge < -0.3 is 10.1 Å². The van der Waals surface area contributed by atoms with Crippen LogP contribution in [0.5, 0.6) is 0 Å². The zero-order valence-electron chi connectivity index (χ0n) is 11.3. The van der Waals surface area contributed by atoms with Gasteiger partial charge in [-0.3, -0.25) is 0 Å². The van der Waals surface area contributed by atoms with Crippen LogP contribution < -0.4 is 5.32 Å². The highest BCUT2D eigenvalue weighted by molar-refractivity contribution is 5.19. The molecule has 0 aromatic heterocycles. The van der Waals surface area contributed by atoms with Gasteiger partial charge in [0.15, 0.2) is 0 Å². The molecule has 2 aliphatic rings. The van der Waals surface area contributed by atoms with E-state index in [0.717, 1.165) is 31.1 Å². The molecule has 0 spiro atoms. The van der Waals surface area contributed by atoms with E-state index in [1.807, 2.05) is 6.07 Å². The quantitative estimate of drug-likeness (QED) is 0.776. The van der Waals surface area contributed by atoms with Crippen LogP contribution >= 0.6 is 0 Å². The molecule has 1 aromatic rings. The Morgan fingerprint density at radius 1 is 1.26 bits per heavy atom. The molecule has 19 heavy (non-hydrogen) atoms. The molecule has 1 N–H and O–H groups in total. The average molecular weight is 263 g/mol. The topological polar surface area (TPSA) is 21.3 Å². The molecule has 0 bridgehead atoms. The van der Waals surface area contributed by atoms with Crippen molar-refractivity contribution in [3.63, 3.8) is 0 Å². The Hall–Kier alpha value is -0.930. The lowest BCUT2D eigenvalue weighted by molar-refractivity contribution is 0.0481. The van der Waals surface area contributed by atoms with Gasteiger partial charge in [-0.25, -0.2) is 4.39 Å². The van der Waals surface area contributed by atoms with Crippen molar-refractivity contribution in [1.82, 2.24) is 5.32 Å². The van der Waals surface area contributed by atoms with Gasteiger partial charge >= 0.3 is 0 Å². The number of hydrogen-bond acceptors (Lipinski definition) is 2. The third-order valence-electron chi connectivity index (χ3n) is 3.93. The molecule has 0 heterocycles. The van der Waals surface area contributed by atoms with Crippen molar-refractivity contribution in [2.75, 3.05) is 13.2 Å². The smallest absolute Gasteiger partial charge is 0.123 e. The van der Waals surface area contributed by atoms with E-state index >= 15 is 0 Å². The standard InChI is InChI=1S/C16H22FNO/c17-14-3-1-2-13(10-14)16(11-18-15-6-7-15)19-9-8-12-4-5-12/h1-3,10,12,15-16,18H,4-9,11H2. The Bertz CT molecular complexity index is 415. The molecule has 2 aliphatic carbocycles. The maximum atomic E-state index is 13.3. The van der Waals surface area contributed by atoms with Crippen LogP contribution in [0, 0.1) is 11.7 Å². The van der Waals surface area contributed by atoms with Crippen molar-refractivity contribution in [2.45, 2.75) is 44.2 Å². The molecule has 0 radical (unpaired) electrons. The zero-order chi connectivity index (χ0) is 13.1. The molecule has 104 valence electrons. The fraction of sp³-hybridized carbons (Fsp3) is 0.625. The van der Waals surface area contributed by atoms with Crippen molar-refractivity contribution in [3.05, 3.63) is 35.6 Å². The Morgan fingerprint density at radius 3 is 2.79 bits per heavy atom. The summed E-state index contributed by atoms with van der Waals surface area (Å²) in [5.41, 5.74) is 0.948. The van der Waals surface area contributed by atoms with Crippen LogP contribution in [0.4, 0.5) is 4.39 Å². The van der Waals surface area contributed by atoms with Crippen molar-refractivity contribution < 1.29 is 9.13 Å². The van der Waals surface area contributed by atoms with Gasteiger partial charge in [-0.2, -0.15) is 0 Å². The molecule has 3 rings (SSSR count). The summed E-state index contributed by atoms with van der Waals surface area (Å²) in [6.07, 6.45) is 6.36. The van der Waals surface area contributed by atoms with Crippen molar-refractivity contribution in [1.29, 1.82) is 0 Å². The van der Waals surface area contributed by atoms with Crippen LogP contribution in [0.15, 0.2) is 24.3 Å². The first-order chi connectivity index (χ1) is 9.31. The van der Waals surface area contributed by atoms with Gasteiger partial charge in [0, 0.05) is 19.2 Å². The molecule has 3 heteroatoms. The summed E-state index contributed by atoms with van der Waals surface area (Å²) in [6, 6.07) is 7.46. The Labute approximate surface area is 114 Å². The molecule has 1 aromatic carbocycles. The SMILES string of the molecule is Fc1cccc(C(CNC2CC2)OCCC2CC2)c1. The Morgan fingerprint density at radius 2 is 2.11 bits per heavy atom. The lowest BCUT2D eigenvalue weighted by Gasteiger charge is -2.19. The normalized spacial score (nSPS) is 20.5. The summed E-state index contributed by atoms with van der Waals surface area (Å²) < 4.78 is 19.3. The number of ether oxygens (including phenoxy) is 1. The summed E-state index contributed by atoms with van der Waals surface area (Å²) in [7, 11) is 0. The molecule has 1 atom stereocenters. The van der Waals surface area contributed by atoms with Crippen LogP contribution in [0.25, 0.3) is 0 Å². The van der Waals surface area contributed by atoms with Gasteiger partial charge in [0.25, 0.3) is 0 Å². The van der Waals surface area contributed by atoms with Crippen LogP contribution in [-0.2, 0) is 4.74 Å². The molecular formula is C16H22FNO. The van der Waals surface area contributed by atoms with Crippen LogP contribution in [0.1, 0.15) is 43.8 Å². The number of benzene rings is 1. The number of hydrogen-bond donors (Lipinski definition) is 1. The number of halogens is 1. The van der Waals surface area contributed by atoms with E-state index in [2.05, 4.69) is 5.32 Å². The first-order valence-corrected chi connectivity index (χ1v) is 7.42. The van der Waals surface area contributed by atoms with Crippen molar-refractivity contribution >= 4 is 0 Å². The third-order valence-corrected chi connectivity index (χ3v) is 3.93. The second-order valence-corrected chi connectivity index (χ2v) is 5.83. The Balaban J connectivity index is 1.55. The average Bonchev–Trinajstić information content (AvgIpc) is 3.26. The van der Waals surface area contributed by atoms with E-state index in [-0.39, 0.29) is 11.9 Å². The minimum atomic E-state index is -0.181. The number of nitrogens with one attached hydrogen (secondary N) is 1. The van der Waals surface area contributed by atoms with Gasteiger partial charge in [0.2, 0.25) is 0 Å². The molecule has 0 saturated heterocycles. The lowest BCUT2D eigenvalue weighted by atomic mass is 10.1. The molecule has 2 saturated carbocycles. The summed E-state index contributed by atoms with van der Waals surface area (Å²) in [6.45, 7) is 1.58. The highest BCUT2D eigenvalue weighted by atomic mass is 19.1. The fourth-order valence-electron chi connectivity index (χ4n) is 2.32. The van der Waals surface area contributed by atoms with Gasteiger partial charge in [-0.05, 0) is 42.9 Å². The van der Waals surface area contributed by atoms with Crippen LogP contribution in [-0.4, -0.2) is 19.2 Å². The van der Waals surface area contributed by atoms with Crippen molar-refractivity contribution in [3.8, 4) is 0 Å². The predicted octanol–water partition coefficient (Wildman–Crippen LogP) is 3.44. The van der Waals surface area contributed by atoms with E-state index in [1.54, 1.807) is 12.1 Å². The maximum absolute atomic E-state index is 13.3. The minimum absolute atomic E-state index is 0.0185. The monoisotopic (exact) mass is 263 g/mol. The van der Waals surface area contributed by atoms with Gasteiger partial charge in [0.05, 0.1) is 6.10 Å². The fourth-order valence-corrected chi connectivity index (χ4v) is 2.32. The second kappa shape index (κ2) is 6.02. The lowest BCUT2D eigenvalue weighted by Crippen LogP contribution is -2.25. The van der Waals surface area contributed by atoms with Crippen LogP contribution in [0.3, 0.4) is 0 Å². The largest absolute Gasteiger partial charge is 0.372 e. The van der Waals surface area contributed by atoms with E-state index in [1.165, 1.54) is 31.7 Å². The maximum Gasteiger partial charge on any atom is 0.123 e. The summed E-state index contributed by atoms with van der Waals surface area (Å²) in [5.74, 6) is 0.698. The summed E-state index contributed by atoms with van der Waals surface area (Å²) >= 11 is 0. The molecule has 0 aliphatic heterocycles. The number of rotatable bonds is 8. The second-order valence-electron chi connectivity index (χ2n) is 5.83. The van der Waals surface area contributed by atoms with Gasteiger partial charge in [-0.1, -0.05) is 25.0 Å². The molecule has 1 unspecified atom stereocenters. The molecule has 0 amide bonds. The minimum Gasteiger partial charge on any atom is -0.372 e. The van der Waals surface area contributed by atoms with Crippen LogP contribution in [0.2, 0.25) is 0 Å². The van der Waals surface area contributed by atoms with E-state index in [4.69, 9.17) is 4.74 Å². The highest BCUT2D eigenvalue weighted by Gasteiger charge is 2.24. The Kier molecular flexibility index (Phi) is 4.14. The van der Waals surface area contributed by atoms with Gasteiger partial charge in [-0.15, -0.1) is 0 Å². The third kappa shape index (κ3) is 4.29. The summed E-state index contributed by atoms with van der Waals surface area (Å²) in [4.78, 5) is 0. The zero-order valence-corrected chi connectivity index (χ0v) is 11.3. The van der Waals surface area contributed by atoms with Gasteiger partial charge in [0.1, 0.15) is 5.82 Å². The highest BCUT2D eigenvalue weighted by Crippen LogP contribution is 2.33. The molecular weight excluding hydrogens is 241 g/mol. The molecule has 2 fully saturated rings. The van der Waals surface area contributed by atoms with E-state index in [0.29, 0.717) is 6.04 Å². The summed E-state index contributed by atoms with van der Waals surface area (Å²) in [5, 5.41) is 3.48. The first kappa shape index (κ1) is 13.1. The van der Waals surface area contributed by atoms with Crippen molar-refractivity contribution in [2.24, 2.45) is 5.92 Å². The van der Waals surface area contributed by atoms with E-state index in [9.17, 15) is 4.39 Å². The van der Waals surface area contributed by atoms with E-state index < -0.39 is 0 Å².